The Bertz CT molecular complexity index is 645. The Hall–Kier alpha value is -1.56. The zero-order valence-corrected chi connectivity index (χ0v) is 13.8. The highest BCUT2D eigenvalue weighted by Gasteiger charge is 2.20. The van der Waals surface area contributed by atoms with Gasteiger partial charge in [-0.25, -0.2) is 9.67 Å². The van der Waals surface area contributed by atoms with Crippen LogP contribution in [-0.4, -0.2) is 49.6 Å². The van der Waals surface area contributed by atoms with Crippen LogP contribution in [0.4, 0.5) is 0 Å². The van der Waals surface area contributed by atoms with Crippen molar-refractivity contribution in [1.82, 2.24) is 24.2 Å². The predicted molar refractivity (Wildman–Crippen MR) is 83.7 cm³/mol. The van der Waals surface area contributed by atoms with Gasteiger partial charge in [-0.1, -0.05) is 0 Å². The van der Waals surface area contributed by atoms with Crippen molar-refractivity contribution in [2.24, 2.45) is 0 Å². The largest absolute Gasteiger partial charge is 0.344 e. The molecule has 2 aromatic heterocycles. The molecule has 0 saturated carbocycles. The molecular weight excluding hydrogens is 290 g/mol. The number of amides is 1. The van der Waals surface area contributed by atoms with Gasteiger partial charge in [0.25, 0.3) is 0 Å². The van der Waals surface area contributed by atoms with Crippen LogP contribution in [0.25, 0.3) is 11.2 Å². The molecule has 0 aliphatic carbocycles. The molecule has 0 aliphatic rings. The minimum Gasteiger partial charge on any atom is -0.344 e. The lowest BCUT2D eigenvalue weighted by molar-refractivity contribution is -0.130. The highest BCUT2D eigenvalue weighted by molar-refractivity contribution is 6.17. The monoisotopic (exact) mass is 311 g/mol. The van der Waals surface area contributed by atoms with Gasteiger partial charge in [-0.3, -0.25) is 4.79 Å². The summed E-state index contributed by atoms with van der Waals surface area (Å²) in [6.45, 7) is 7.64. The van der Waals surface area contributed by atoms with Gasteiger partial charge in [-0.05, 0) is 20.8 Å². The van der Waals surface area contributed by atoms with E-state index in [1.165, 1.54) is 0 Å². The van der Waals surface area contributed by atoms with Crippen LogP contribution >= 0.6 is 11.6 Å². The Morgan fingerprint density at radius 1 is 1.38 bits per heavy atom. The molecule has 6 nitrogen and oxygen atoms in total. The molecule has 0 unspecified atom stereocenters. The van der Waals surface area contributed by atoms with Crippen molar-refractivity contribution in [2.75, 3.05) is 19.5 Å². The number of hydrogen-bond acceptors (Lipinski definition) is 3. The number of aromatic nitrogens is 4. The number of alkyl halides is 1. The lowest BCUT2D eigenvalue weighted by atomic mass is 10.4. The zero-order valence-electron chi connectivity index (χ0n) is 13.1. The number of hydrogen-bond donors (Lipinski definition) is 0. The number of nitrogens with zero attached hydrogens (tertiary/aromatic N) is 5. The maximum absolute atomic E-state index is 12.3. The SMILES string of the molecule is CCN(C)C(=O)Cn1c(CCCl)nc2c(C)nn(CC)c21. The average molecular weight is 312 g/mol. The van der Waals surface area contributed by atoms with E-state index in [2.05, 4.69) is 10.1 Å². The van der Waals surface area contributed by atoms with Crippen LogP contribution in [0.3, 0.4) is 0 Å². The maximum Gasteiger partial charge on any atom is 0.242 e. The Kier molecular flexibility index (Phi) is 4.88. The summed E-state index contributed by atoms with van der Waals surface area (Å²) < 4.78 is 3.85. The van der Waals surface area contributed by atoms with E-state index in [1.807, 2.05) is 30.0 Å². The molecule has 0 spiro atoms. The normalized spacial score (nSPS) is 11.3. The number of carbonyl (C=O) groups is 1. The standard InChI is InChI=1S/C14H22ClN5O/c1-5-18(4)12(21)9-19-11(7-8-15)16-13-10(3)17-20(6-2)14(13)19/h5-9H2,1-4H3. The molecule has 0 aliphatic heterocycles. The predicted octanol–water partition coefficient (Wildman–Crippen LogP) is 1.82. The maximum atomic E-state index is 12.3. The van der Waals surface area contributed by atoms with Gasteiger partial charge in [0.15, 0.2) is 5.65 Å². The van der Waals surface area contributed by atoms with Crippen LogP contribution < -0.4 is 0 Å². The van der Waals surface area contributed by atoms with Gasteiger partial charge in [0.05, 0.1) is 5.69 Å². The Labute approximate surface area is 129 Å². The van der Waals surface area contributed by atoms with Crippen molar-refractivity contribution in [3.8, 4) is 0 Å². The van der Waals surface area contributed by atoms with Crippen molar-refractivity contribution < 1.29 is 4.79 Å². The van der Waals surface area contributed by atoms with E-state index in [0.29, 0.717) is 18.8 Å². The van der Waals surface area contributed by atoms with Crippen molar-refractivity contribution in [3.63, 3.8) is 0 Å². The fraction of sp³-hybridized carbons (Fsp3) is 0.643. The summed E-state index contributed by atoms with van der Waals surface area (Å²) in [5, 5.41) is 4.48. The number of fused-ring (bicyclic) bond motifs is 1. The topological polar surface area (TPSA) is 56.0 Å². The Morgan fingerprint density at radius 2 is 2.10 bits per heavy atom. The number of rotatable bonds is 6. The smallest absolute Gasteiger partial charge is 0.242 e. The number of halogens is 1. The molecule has 2 rings (SSSR count). The number of imidazole rings is 1. The minimum absolute atomic E-state index is 0.0640. The van der Waals surface area contributed by atoms with Crippen molar-refractivity contribution in [2.45, 2.75) is 40.3 Å². The summed E-state index contributed by atoms with van der Waals surface area (Å²) in [4.78, 5) is 18.6. The molecule has 0 saturated heterocycles. The van der Waals surface area contributed by atoms with E-state index in [0.717, 1.165) is 29.2 Å². The van der Waals surface area contributed by atoms with Crippen LogP contribution in [0, 0.1) is 6.92 Å². The van der Waals surface area contributed by atoms with Crippen LogP contribution in [-0.2, 0) is 24.3 Å². The molecule has 1 amide bonds. The summed E-state index contributed by atoms with van der Waals surface area (Å²) >= 11 is 5.87. The van der Waals surface area contributed by atoms with E-state index in [1.54, 1.807) is 11.9 Å². The number of aryl methyl sites for hydroxylation is 3. The van der Waals surface area contributed by atoms with E-state index in [-0.39, 0.29) is 12.5 Å². The molecule has 0 radical (unpaired) electrons. The molecule has 116 valence electrons. The lowest BCUT2D eigenvalue weighted by Crippen LogP contribution is -2.30. The Morgan fingerprint density at radius 3 is 2.67 bits per heavy atom. The van der Waals surface area contributed by atoms with E-state index >= 15 is 0 Å². The molecule has 0 bridgehead atoms. The van der Waals surface area contributed by atoms with Crippen LogP contribution in [0.1, 0.15) is 25.4 Å². The lowest BCUT2D eigenvalue weighted by Gasteiger charge is -2.16. The molecule has 0 atom stereocenters. The van der Waals surface area contributed by atoms with Gasteiger partial charge in [0.1, 0.15) is 17.9 Å². The quantitative estimate of drug-likeness (QED) is 0.765. The first-order valence-electron chi connectivity index (χ1n) is 7.25. The number of likely N-dealkylation sites (N-methyl/N-ethyl adjacent to an activating group) is 1. The zero-order chi connectivity index (χ0) is 15.6. The van der Waals surface area contributed by atoms with Crippen molar-refractivity contribution >= 4 is 28.7 Å². The van der Waals surface area contributed by atoms with Gasteiger partial charge in [-0.2, -0.15) is 5.10 Å². The van der Waals surface area contributed by atoms with E-state index < -0.39 is 0 Å². The first-order valence-corrected chi connectivity index (χ1v) is 7.79. The summed E-state index contributed by atoms with van der Waals surface area (Å²) in [6, 6.07) is 0. The first-order chi connectivity index (χ1) is 10.0. The van der Waals surface area contributed by atoms with Gasteiger partial charge in [0.2, 0.25) is 5.91 Å². The summed E-state index contributed by atoms with van der Waals surface area (Å²) in [6.07, 6.45) is 0.641. The second kappa shape index (κ2) is 6.47. The third-order valence-corrected chi connectivity index (χ3v) is 3.88. The highest BCUT2D eigenvalue weighted by Crippen LogP contribution is 2.20. The number of carbonyl (C=O) groups excluding carboxylic acids is 1. The second-order valence-corrected chi connectivity index (χ2v) is 5.41. The molecule has 2 heterocycles. The van der Waals surface area contributed by atoms with Crippen molar-refractivity contribution in [1.29, 1.82) is 0 Å². The molecule has 2 aromatic rings. The van der Waals surface area contributed by atoms with Crippen LogP contribution in [0.5, 0.6) is 0 Å². The average Bonchev–Trinajstić information content (AvgIpc) is 2.97. The van der Waals surface area contributed by atoms with Crippen LogP contribution in [0.2, 0.25) is 0 Å². The van der Waals surface area contributed by atoms with Crippen LogP contribution in [0.15, 0.2) is 0 Å². The van der Waals surface area contributed by atoms with Gasteiger partial charge in [-0.15, -0.1) is 11.6 Å². The van der Waals surface area contributed by atoms with Crippen molar-refractivity contribution in [3.05, 3.63) is 11.5 Å². The molecule has 21 heavy (non-hydrogen) atoms. The highest BCUT2D eigenvalue weighted by atomic mass is 35.5. The Balaban J connectivity index is 2.51. The third kappa shape index (κ3) is 2.90. The molecule has 0 N–H and O–H groups in total. The third-order valence-electron chi connectivity index (χ3n) is 3.69. The van der Waals surface area contributed by atoms with Gasteiger partial charge < -0.3 is 9.47 Å². The molecule has 0 aromatic carbocycles. The fourth-order valence-corrected chi connectivity index (χ4v) is 2.53. The molecule has 0 fully saturated rings. The summed E-state index contributed by atoms with van der Waals surface area (Å²) in [7, 11) is 1.81. The molecular formula is C14H22ClN5O. The minimum atomic E-state index is 0.0640. The fourth-order valence-electron chi connectivity index (χ4n) is 2.36. The summed E-state index contributed by atoms with van der Waals surface area (Å²) in [5.74, 6) is 1.39. The van der Waals surface area contributed by atoms with Gasteiger partial charge >= 0.3 is 0 Å². The van der Waals surface area contributed by atoms with E-state index in [4.69, 9.17) is 11.6 Å². The first kappa shape index (κ1) is 15.8. The van der Waals surface area contributed by atoms with Gasteiger partial charge in [0, 0.05) is 32.4 Å². The molecule has 7 heteroatoms. The van der Waals surface area contributed by atoms with E-state index in [9.17, 15) is 4.79 Å². The summed E-state index contributed by atoms with van der Waals surface area (Å²) in [5.41, 5.74) is 2.66. The second-order valence-electron chi connectivity index (χ2n) is 5.03.